The second-order valence-electron chi connectivity index (χ2n) is 7.05. The molecule has 2 aromatic heterocycles. The van der Waals surface area contributed by atoms with Gasteiger partial charge in [0.25, 0.3) is 0 Å². The molecule has 0 aliphatic carbocycles. The van der Waals surface area contributed by atoms with Crippen LogP contribution in [0.1, 0.15) is 11.1 Å². The molecule has 0 aliphatic rings. The van der Waals surface area contributed by atoms with Crippen LogP contribution in [0.4, 0.5) is 13.2 Å². The van der Waals surface area contributed by atoms with Crippen LogP contribution < -0.4 is 15.2 Å². The first kappa shape index (κ1) is 22.0. The van der Waals surface area contributed by atoms with Crippen molar-refractivity contribution in [1.82, 2.24) is 14.1 Å². The largest absolute Gasteiger partial charge is 0.573 e. The van der Waals surface area contributed by atoms with E-state index < -0.39 is 17.8 Å². The van der Waals surface area contributed by atoms with E-state index in [1.807, 2.05) is 30.3 Å². The monoisotopic (exact) mass is 457 g/mol. The zero-order valence-electron chi connectivity index (χ0n) is 17.1. The number of imidazole rings is 1. The number of rotatable bonds is 7. The smallest absolute Gasteiger partial charge is 0.493 e. The van der Waals surface area contributed by atoms with E-state index in [0.717, 1.165) is 22.3 Å². The molecule has 0 radical (unpaired) electrons. The van der Waals surface area contributed by atoms with Crippen LogP contribution in [0, 0.1) is 0 Å². The molecule has 2 aromatic carbocycles. The fourth-order valence-corrected chi connectivity index (χ4v) is 3.19. The van der Waals surface area contributed by atoms with Crippen LogP contribution in [-0.2, 0) is 13.2 Å². The first-order chi connectivity index (χ1) is 15.8. The molecule has 2 heterocycles. The molecule has 0 amide bonds. The molecule has 10 heteroatoms. The number of halogens is 3. The predicted molar refractivity (Wildman–Crippen MR) is 112 cm³/mol. The molecule has 170 valence electrons. The van der Waals surface area contributed by atoms with Gasteiger partial charge in [-0.05, 0) is 41.5 Å². The summed E-state index contributed by atoms with van der Waals surface area (Å²) in [5, 5.41) is 10.3. The molecule has 0 aliphatic heterocycles. The first-order valence-electron chi connectivity index (χ1n) is 9.77. The Balaban J connectivity index is 1.50. The van der Waals surface area contributed by atoms with E-state index in [-0.39, 0.29) is 18.1 Å². The van der Waals surface area contributed by atoms with Gasteiger partial charge in [0.2, 0.25) is 11.8 Å². The number of benzene rings is 2. The highest BCUT2D eigenvalue weighted by atomic mass is 19.4. The maximum Gasteiger partial charge on any atom is 0.573 e. The van der Waals surface area contributed by atoms with Crippen molar-refractivity contribution in [3.05, 3.63) is 101 Å². The van der Waals surface area contributed by atoms with Gasteiger partial charge in [-0.3, -0.25) is 4.57 Å². The quantitative estimate of drug-likeness (QED) is 0.449. The van der Waals surface area contributed by atoms with E-state index in [4.69, 9.17) is 4.74 Å². The van der Waals surface area contributed by atoms with Crippen LogP contribution in [0.3, 0.4) is 0 Å². The summed E-state index contributed by atoms with van der Waals surface area (Å²) in [6, 6.07) is 17.6. The Labute approximate surface area is 185 Å². The van der Waals surface area contributed by atoms with Gasteiger partial charge in [-0.15, -0.1) is 13.2 Å². The second kappa shape index (κ2) is 9.11. The summed E-state index contributed by atoms with van der Waals surface area (Å²) in [6.07, 6.45) is -2.03. The highest BCUT2D eigenvalue weighted by molar-refractivity contribution is 5.40. The zero-order chi connectivity index (χ0) is 23.4. The molecule has 4 aromatic rings. The molecule has 0 saturated carbocycles. The molecule has 4 rings (SSSR count). The van der Waals surface area contributed by atoms with Crippen molar-refractivity contribution in [3.63, 3.8) is 0 Å². The number of nitrogens with zero attached hydrogens (tertiary/aromatic N) is 3. The summed E-state index contributed by atoms with van der Waals surface area (Å²) in [4.78, 5) is 17.0. The van der Waals surface area contributed by atoms with Crippen molar-refractivity contribution in [2.24, 2.45) is 0 Å². The standard InChI is InChI=1S/C23H18F3N3O4/c24-23(25,26)33-19-8-6-18(7-9-19)29-21(30)14-28(22(29)31)13-17-10-11-27-20(12-17)32-15-16-4-2-1-3-5-16/h1-12,14,30H,13,15H2. The van der Waals surface area contributed by atoms with E-state index in [2.05, 4.69) is 9.72 Å². The minimum Gasteiger partial charge on any atom is -0.493 e. The summed E-state index contributed by atoms with van der Waals surface area (Å²) in [5.41, 5.74) is 1.31. The van der Waals surface area contributed by atoms with Crippen LogP contribution in [-0.4, -0.2) is 25.6 Å². The molecule has 0 unspecified atom stereocenters. The van der Waals surface area contributed by atoms with Crippen molar-refractivity contribution in [1.29, 1.82) is 0 Å². The summed E-state index contributed by atoms with van der Waals surface area (Å²) in [5.74, 6) is -0.412. The summed E-state index contributed by atoms with van der Waals surface area (Å²) < 4.78 is 48.8. The van der Waals surface area contributed by atoms with E-state index in [1.54, 1.807) is 18.3 Å². The van der Waals surface area contributed by atoms with Crippen molar-refractivity contribution >= 4 is 0 Å². The van der Waals surface area contributed by atoms with Crippen LogP contribution in [0.5, 0.6) is 17.5 Å². The van der Waals surface area contributed by atoms with E-state index in [9.17, 15) is 23.1 Å². The highest BCUT2D eigenvalue weighted by Crippen LogP contribution is 2.24. The summed E-state index contributed by atoms with van der Waals surface area (Å²) in [7, 11) is 0. The SMILES string of the molecule is O=c1n(Cc2ccnc(OCc3ccccc3)c2)cc(O)n1-c1ccc(OC(F)(F)F)cc1. The second-order valence-corrected chi connectivity index (χ2v) is 7.05. The molecule has 0 fully saturated rings. The Morgan fingerprint density at radius 1 is 0.970 bits per heavy atom. The Kier molecular flexibility index (Phi) is 6.07. The topological polar surface area (TPSA) is 78.5 Å². The molecule has 0 atom stereocenters. The number of aromatic hydroxyl groups is 1. The molecule has 0 bridgehead atoms. The molecule has 0 spiro atoms. The van der Waals surface area contributed by atoms with Gasteiger partial charge in [0, 0.05) is 12.3 Å². The van der Waals surface area contributed by atoms with Crippen LogP contribution in [0.2, 0.25) is 0 Å². The average molecular weight is 457 g/mol. The van der Waals surface area contributed by atoms with Crippen molar-refractivity contribution in [3.8, 4) is 23.2 Å². The third-order valence-electron chi connectivity index (χ3n) is 4.65. The fraction of sp³-hybridized carbons (Fsp3) is 0.130. The van der Waals surface area contributed by atoms with Gasteiger partial charge >= 0.3 is 12.1 Å². The predicted octanol–water partition coefficient (Wildman–Crippen LogP) is 4.27. The van der Waals surface area contributed by atoms with Gasteiger partial charge < -0.3 is 14.6 Å². The number of hydrogen-bond donors (Lipinski definition) is 1. The van der Waals surface area contributed by atoms with Gasteiger partial charge in [0.05, 0.1) is 18.4 Å². The third kappa shape index (κ3) is 5.53. The average Bonchev–Trinajstić information content (AvgIpc) is 3.06. The first-order valence-corrected chi connectivity index (χ1v) is 9.77. The van der Waals surface area contributed by atoms with Gasteiger partial charge in [-0.2, -0.15) is 0 Å². The van der Waals surface area contributed by atoms with Crippen molar-refractivity contribution in [2.75, 3.05) is 0 Å². The highest BCUT2D eigenvalue weighted by Gasteiger charge is 2.31. The zero-order valence-corrected chi connectivity index (χ0v) is 17.1. The Morgan fingerprint density at radius 2 is 1.70 bits per heavy atom. The van der Waals surface area contributed by atoms with Crippen molar-refractivity contribution in [2.45, 2.75) is 19.5 Å². The van der Waals surface area contributed by atoms with Crippen molar-refractivity contribution < 1.29 is 27.8 Å². The van der Waals surface area contributed by atoms with Gasteiger partial charge in [0.1, 0.15) is 12.4 Å². The molecule has 0 saturated heterocycles. The van der Waals surface area contributed by atoms with Gasteiger partial charge in [-0.25, -0.2) is 14.3 Å². The van der Waals surface area contributed by atoms with Crippen LogP contribution in [0.25, 0.3) is 5.69 Å². The lowest BCUT2D eigenvalue weighted by Gasteiger charge is -2.09. The molecular weight excluding hydrogens is 439 g/mol. The molecule has 1 N–H and O–H groups in total. The molecular formula is C23H18F3N3O4. The van der Waals surface area contributed by atoms with E-state index >= 15 is 0 Å². The number of aromatic nitrogens is 3. The minimum atomic E-state index is -4.82. The minimum absolute atomic E-state index is 0.124. The molecule has 7 nitrogen and oxygen atoms in total. The fourth-order valence-electron chi connectivity index (χ4n) is 3.19. The molecule has 33 heavy (non-hydrogen) atoms. The Bertz CT molecular complexity index is 1280. The lowest BCUT2D eigenvalue weighted by atomic mass is 10.2. The Morgan fingerprint density at radius 3 is 2.39 bits per heavy atom. The lowest BCUT2D eigenvalue weighted by molar-refractivity contribution is -0.274. The number of pyridine rings is 1. The number of hydrogen-bond acceptors (Lipinski definition) is 5. The Hall–Kier alpha value is -4.21. The third-order valence-corrected chi connectivity index (χ3v) is 4.65. The maximum absolute atomic E-state index is 12.8. The number of ether oxygens (including phenoxy) is 2. The van der Waals surface area contributed by atoms with E-state index in [0.29, 0.717) is 18.1 Å². The van der Waals surface area contributed by atoms with Gasteiger partial charge in [-0.1, -0.05) is 30.3 Å². The van der Waals surface area contributed by atoms with Gasteiger partial charge in [0.15, 0.2) is 0 Å². The normalized spacial score (nSPS) is 11.4. The summed E-state index contributed by atoms with van der Waals surface area (Å²) >= 11 is 0. The summed E-state index contributed by atoms with van der Waals surface area (Å²) in [6.45, 7) is 0.460. The number of alkyl halides is 3. The maximum atomic E-state index is 12.8. The van der Waals surface area contributed by atoms with Crippen LogP contribution in [0.15, 0.2) is 83.9 Å². The lowest BCUT2D eigenvalue weighted by Crippen LogP contribution is -2.23. The van der Waals surface area contributed by atoms with Crippen LogP contribution >= 0.6 is 0 Å². The van der Waals surface area contributed by atoms with E-state index in [1.165, 1.54) is 22.9 Å².